The normalized spacial score (nSPS) is 17.1. The van der Waals surface area contributed by atoms with E-state index < -0.39 is 0 Å². The molecule has 2 atom stereocenters. The van der Waals surface area contributed by atoms with E-state index in [0.717, 1.165) is 41.1 Å². The van der Waals surface area contributed by atoms with Crippen LogP contribution in [0.4, 0.5) is 5.69 Å². The van der Waals surface area contributed by atoms with Gasteiger partial charge in [-0.25, -0.2) is 4.98 Å². The second-order valence-electron chi connectivity index (χ2n) is 9.34. The molecule has 33 heavy (non-hydrogen) atoms. The number of anilines is 1. The predicted molar refractivity (Wildman–Crippen MR) is 135 cm³/mol. The molecule has 168 valence electrons. The van der Waals surface area contributed by atoms with E-state index in [9.17, 15) is 4.79 Å². The lowest BCUT2D eigenvalue weighted by atomic mass is 9.97. The number of benzene rings is 3. The van der Waals surface area contributed by atoms with Gasteiger partial charge in [-0.2, -0.15) is 0 Å². The lowest BCUT2D eigenvalue weighted by molar-refractivity contribution is -0.117. The molecule has 1 aliphatic heterocycles. The van der Waals surface area contributed by atoms with Crippen molar-refractivity contribution in [2.24, 2.45) is 0 Å². The van der Waals surface area contributed by atoms with Gasteiger partial charge in [0.25, 0.3) is 0 Å². The Morgan fingerprint density at radius 3 is 2.58 bits per heavy atom. The maximum Gasteiger partial charge on any atom is 0.227 e. The highest BCUT2D eigenvalue weighted by Gasteiger charge is 2.34. The van der Waals surface area contributed by atoms with Crippen LogP contribution in [-0.2, 0) is 11.3 Å². The van der Waals surface area contributed by atoms with Crippen molar-refractivity contribution in [1.29, 1.82) is 0 Å². The number of fused-ring (bicyclic) bond motifs is 1. The molecule has 1 amide bonds. The summed E-state index contributed by atoms with van der Waals surface area (Å²) in [5.74, 6) is 1.82. The zero-order chi connectivity index (χ0) is 22.9. The van der Waals surface area contributed by atoms with Gasteiger partial charge in [-0.3, -0.25) is 4.79 Å². The fraction of sp³-hybridized carbons (Fsp3) is 0.310. The van der Waals surface area contributed by atoms with Gasteiger partial charge >= 0.3 is 0 Å². The van der Waals surface area contributed by atoms with Crippen LogP contribution in [0.15, 0.2) is 72.8 Å². The van der Waals surface area contributed by atoms with Crippen LogP contribution in [0.5, 0.6) is 0 Å². The number of aryl methyl sites for hydroxylation is 1. The van der Waals surface area contributed by atoms with Crippen LogP contribution >= 0.6 is 0 Å². The Hall–Kier alpha value is -3.40. The minimum Gasteiger partial charge on any atom is -0.323 e. The monoisotopic (exact) mass is 437 g/mol. The van der Waals surface area contributed by atoms with Gasteiger partial charge in [0.2, 0.25) is 5.91 Å². The number of para-hydroxylation sites is 2. The predicted octanol–water partition coefficient (Wildman–Crippen LogP) is 6.43. The molecule has 5 rings (SSSR count). The third kappa shape index (κ3) is 4.18. The second-order valence-corrected chi connectivity index (χ2v) is 9.34. The summed E-state index contributed by atoms with van der Waals surface area (Å²) >= 11 is 0. The summed E-state index contributed by atoms with van der Waals surface area (Å²) in [6, 6.07) is 25.5. The smallest absolute Gasteiger partial charge is 0.227 e. The quantitative estimate of drug-likeness (QED) is 0.349. The molecule has 0 bridgehead atoms. The average molecular weight is 438 g/mol. The van der Waals surface area contributed by atoms with E-state index in [1.165, 1.54) is 11.1 Å². The van der Waals surface area contributed by atoms with Crippen molar-refractivity contribution in [3.8, 4) is 0 Å². The summed E-state index contributed by atoms with van der Waals surface area (Å²) in [5, 5.41) is 0. The van der Waals surface area contributed by atoms with Crippen LogP contribution in [0.2, 0.25) is 0 Å². The molecular formula is C29H31N3O. The number of rotatable bonds is 6. The van der Waals surface area contributed by atoms with Crippen LogP contribution in [0.1, 0.15) is 61.0 Å². The zero-order valence-electron chi connectivity index (χ0n) is 19.7. The van der Waals surface area contributed by atoms with Gasteiger partial charge in [0.15, 0.2) is 0 Å². The van der Waals surface area contributed by atoms with E-state index in [1.54, 1.807) is 0 Å². The lowest BCUT2D eigenvalue weighted by Gasteiger charge is -2.18. The molecule has 0 saturated carbocycles. The highest BCUT2D eigenvalue weighted by atomic mass is 16.2. The number of nitrogens with zero attached hydrogens (tertiary/aromatic N) is 3. The number of carbonyl (C=O) groups is 1. The number of aromatic nitrogens is 2. The molecule has 4 aromatic rings. The minimum absolute atomic E-state index is 0.0739. The summed E-state index contributed by atoms with van der Waals surface area (Å²) in [6.07, 6.45) is 1.63. The minimum atomic E-state index is 0.0739. The third-order valence-electron chi connectivity index (χ3n) is 6.99. The molecule has 3 aromatic carbocycles. The van der Waals surface area contributed by atoms with Crippen molar-refractivity contribution in [1.82, 2.24) is 9.55 Å². The first-order chi connectivity index (χ1) is 16.0. The fourth-order valence-corrected chi connectivity index (χ4v) is 4.87. The van der Waals surface area contributed by atoms with Gasteiger partial charge in [-0.1, -0.05) is 62.4 Å². The topological polar surface area (TPSA) is 38.1 Å². The van der Waals surface area contributed by atoms with Crippen LogP contribution in [-0.4, -0.2) is 22.0 Å². The number of carbonyl (C=O) groups excluding carboxylic acids is 1. The molecule has 1 aromatic heterocycles. The molecule has 1 fully saturated rings. The molecule has 2 unspecified atom stereocenters. The molecule has 4 heteroatoms. The summed E-state index contributed by atoms with van der Waals surface area (Å²) < 4.78 is 2.31. The van der Waals surface area contributed by atoms with Crippen LogP contribution < -0.4 is 4.90 Å². The van der Waals surface area contributed by atoms with Crippen molar-refractivity contribution < 1.29 is 4.79 Å². The van der Waals surface area contributed by atoms with E-state index in [4.69, 9.17) is 4.98 Å². The van der Waals surface area contributed by atoms with E-state index in [0.29, 0.717) is 18.9 Å². The van der Waals surface area contributed by atoms with E-state index in [2.05, 4.69) is 79.9 Å². The number of imidazole rings is 1. The Kier molecular flexibility index (Phi) is 5.76. The fourth-order valence-electron chi connectivity index (χ4n) is 4.87. The Morgan fingerprint density at radius 2 is 1.82 bits per heavy atom. The first kappa shape index (κ1) is 21.4. The lowest BCUT2D eigenvalue weighted by Crippen LogP contribution is -2.24. The largest absolute Gasteiger partial charge is 0.323 e. The average Bonchev–Trinajstić information content (AvgIpc) is 3.39. The Labute approximate surface area is 195 Å². The van der Waals surface area contributed by atoms with Crippen LogP contribution in [0.25, 0.3) is 11.0 Å². The van der Waals surface area contributed by atoms with Gasteiger partial charge in [0.1, 0.15) is 5.82 Å². The molecule has 4 nitrogen and oxygen atoms in total. The Bertz CT molecular complexity index is 1290. The highest BCUT2D eigenvalue weighted by Crippen LogP contribution is 2.34. The van der Waals surface area contributed by atoms with Gasteiger partial charge in [-0.15, -0.1) is 0 Å². The summed E-state index contributed by atoms with van der Waals surface area (Å²) in [6.45, 7) is 7.98. The van der Waals surface area contributed by atoms with Gasteiger partial charge in [0, 0.05) is 31.1 Å². The van der Waals surface area contributed by atoms with Gasteiger partial charge < -0.3 is 9.47 Å². The first-order valence-corrected chi connectivity index (χ1v) is 11.9. The molecule has 0 N–H and O–H groups in total. The molecule has 0 aliphatic carbocycles. The number of amides is 1. The van der Waals surface area contributed by atoms with Crippen molar-refractivity contribution in [3.63, 3.8) is 0 Å². The van der Waals surface area contributed by atoms with E-state index in [1.807, 2.05) is 23.1 Å². The standard InChI is InChI=1S/C29H31N3O/c1-4-21(3)23-14-12-22(13-15-23)18-32-27-11-6-5-10-26(27)30-29(32)24-17-28(33)31(19-24)25-9-7-8-20(2)16-25/h5-16,21,24H,4,17-19H2,1-3H3. The Balaban J connectivity index is 1.48. The van der Waals surface area contributed by atoms with E-state index >= 15 is 0 Å². The van der Waals surface area contributed by atoms with Crippen molar-refractivity contribution in [2.75, 3.05) is 11.4 Å². The molecule has 1 saturated heterocycles. The summed E-state index contributed by atoms with van der Waals surface area (Å²) in [7, 11) is 0. The van der Waals surface area contributed by atoms with Crippen molar-refractivity contribution in [3.05, 3.63) is 95.3 Å². The maximum absolute atomic E-state index is 13.0. The van der Waals surface area contributed by atoms with Crippen molar-refractivity contribution in [2.45, 2.75) is 52.0 Å². The summed E-state index contributed by atoms with van der Waals surface area (Å²) in [5.41, 5.74) is 6.89. The maximum atomic E-state index is 13.0. The van der Waals surface area contributed by atoms with Crippen LogP contribution in [0.3, 0.4) is 0 Å². The number of hydrogen-bond acceptors (Lipinski definition) is 2. The molecule has 1 aliphatic rings. The Morgan fingerprint density at radius 1 is 1.03 bits per heavy atom. The SMILES string of the molecule is CCC(C)c1ccc(Cn2c(C3CC(=O)N(c4cccc(C)c4)C3)nc3ccccc32)cc1. The van der Waals surface area contributed by atoms with E-state index in [-0.39, 0.29) is 11.8 Å². The van der Waals surface area contributed by atoms with Crippen LogP contribution in [0, 0.1) is 6.92 Å². The zero-order valence-corrected chi connectivity index (χ0v) is 19.7. The summed E-state index contributed by atoms with van der Waals surface area (Å²) in [4.78, 5) is 19.9. The van der Waals surface area contributed by atoms with Gasteiger partial charge in [-0.05, 0) is 60.2 Å². The highest BCUT2D eigenvalue weighted by molar-refractivity contribution is 5.96. The molecular weight excluding hydrogens is 406 g/mol. The van der Waals surface area contributed by atoms with Gasteiger partial charge in [0.05, 0.1) is 11.0 Å². The second kappa shape index (κ2) is 8.86. The molecule has 0 spiro atoms. The number of hydrogen-bond donors (Lipinski definition) is 0. The molecule has 2 heterocycles. The molecule has 0 radical (unpaired) electrons. The third-order valence-corrected chi connectivity index (χ3v) is 6.99. The van der Waals surface area contributed by atoms with Crippen molar-refractivity contribution >= 4 is 22.6 Å². The first-order valence-electron chi connectivity index (χ1n) is 11.9.